The van der Waals surface area contributed by atoms with Crippen LogP contribution < -0.4 is 14.2 Å². The summed E-state index contributed by atoms with van der Waals surface area (Å²) in [7, 11) is 0. The summed E-state index contributed by atoms with van der Waals surface area (Å²) in [5.41, 5.74) is 0.618. The first-order valence-corrected chi connectivity index (χ1v) is 9.69. The van der Waals surface area contributed by atoms with Crippen LogP contribution in [-0.4, -0.2) is 25.0 Å². The molecule has 0 aromatic heterocycles. The van der Waals surface area contributed by atoms with Crippen molar-refractivity contribution >= 4 is 17.8 Å². The highest BCUT2D eigenvalue weighted by atomic mass is 16.5. The smallest absolute Gasteiger partial charge is 0.316 e. The van der Waals surface area contributed by atoms with E-state index in [1.807, 2.05) is 32.0 Å². The van der Waals surface area contributed by atoms with Crippen LogP contribution in [0.3, 0.4) is 0 Å². The minimum Gasteiger partial charge on any atom is -0.493 e. The highest BCUT2D eigenvalue weighted by Gasteiger charge is 2.23. The van der Waals surface area contributed by atoms with Crippen LogP contribution in [0.4, 0.5) is 0 Å². The van der Waals surface area contributed by atoms with Crippen LogP contribution in [0.1, 0.15) is 50.5 Å². The number of hydrogen-bond donors (Lipinski definition) is 0. The third-order valence-corrected chi connectivity index (χ3v) is 3.99. The first-order chi connectivity index (χ1) is 13.8. The van der Waals surface area contributed by atoms with Gasteiger partial charge in [0.1, 0.15) is 17.2 Å². The fourth-order valence-corrected chi connectivity index (χ4v) is 2.45. The molecule has 5 heteroatoms. The summed E-state index contributed by atoms with van der Waals surface area (Å²) >= 11 is 0. The zero-order valence-corrected chi connectivity index (χ0v) is 17.7. The number of carbonyl (C=O) groups excluding carboxylic acids is 2. The summed E-state index contributed by atoms with van der Waals surface area (Å²) in [6.07, 6.45) is 3.18. The Morgan fingerprint density at radius 1 is 0.897 bits per heavy atom. The summed E-state index contributed by atoms with van der Waals surface area (Å²) in [4.78, 5) is 24.5. The quantitative estimate of drug-likeness (QED) is 0.261. The lowest BCUT2D eigenvalue weighted by molar-refractivity contribution is -0.142. The van der Waals surface area contributed by atoms with Crippen LogP contribution in [-0.2, 0) is 4.79 Å². The van der Waals surface area contributed by atoms with E-state index >= 15 is 0 Å². The van der Waals surface area contributed by atoms with Crippen molar-refractivity contribution in [2.75, 3.05) is 13.2 Å². The highest BCUT2D eigenvalue weighted by molar-refractivity contribution is 6.07. The van der Waals surface area contributed by atoms with E-state index in [4.69, 9.17) is 14.2 Å². The highest BCUT2D eigenvalue weighted by Crippen LogP contribution is 2.30. The van der Waals surface area contributed by atoms with Gasteiger partial charge in [0.05, 0.1) is 24.2 Å². The SMILES string of the molecule is CCOc1cccc(OCC)c1/C=C/C(=O)c1ccc(OC(=O)C(C)(C)C)cc1. The van der Waals surface area contributed by atoms with E-state index < -0.39 is 5.41 Å². The molecule has 0 fully saturated rings. The first-order valence-electron chi connectivity index (χ1n) is 9.69. The van der Waals surface area contributed by atoms with Gasteiger partial charge in [-0.3, -0.25) is 9.59 Å². The van der Waals surface area contributed by atoms with E-state index in [9.17, 15) is 9.59 Å². The van der Waals surface area contributed by atoms with Gasteiger partial charge in [-0.1, -0.05) is 6.07 Å². The summed E-state index contributed by atoms with van der Waals surface area (Å²) in [5.74, 6) is 1.23. The molecule has 0 spiro atoms. The monoisotopic (exact) mass is 396 g/mol. The van der Waals surface area contributed by atoms with Crippen molar-refractivity contribution in [3.63, 3.8) is 0 Å². The summed E-state index contributed by atoms with van der Waals surface area (Å²) in [6, 6.07) is 12.0. The van der Waals surface area contributed by atoms with Gasteiger partial charge in [-0.05, 0) is 83.2 Å². The van der Waals surface area contributed by atoms with E-state index in [0.29, 0.717) is 36.0 Å². The minimum absolute atomic E-state index is 0.174. The molecule has 0 amide bonds. The maximum Gasteiger partial charge on any atom is 0.316 e. The van der Waals surface area contributed by atoms with E-state index in [1.54, 1.807) is 51.1 Å². The van der Waals surface area contributed by atoms with Crippen molar-refractivity contribution in [1.82, 2.24) is 0 Å². The van der Waals surface area contributed by atoms with Crippen molar-refractivity contribution in [2.45, 2.75) is 34.6 Å². The van der Waals surface area contributed by atoms with Crippen molar-refractivity contribution in [2.24, 2.45) is 5.41 Å². The second-order valence-corrected chi connectivity index (χ2v) is 7.40. The third-order valence-electron chi connectivity index (χ3n) is 3.99. The maximum atomic E-state index is 12.6. The van der Waals surface area contributed by atoms with E-state index in [-0.39, 0.29) is 11.8 Å². The normalized spacial score (nSPS) is 11.3. The van der Waals surface area contributed by atoms with Gasteiger partial charge in [-0.25, -0.2) is 0 Å². The Bertz CT molecular complexity index is 849. The molecule has 2 aromatic carbocycles. The Morgan fingerprint density at radius 3 is 1.93 bits per heavy atom. The number of carbonyl (C=O) groups is 2. The standard InChI is InChI=1S/C24H28O5/c1-6-27-21-9-8-10-22(28-7-2)19(21)15-16-20(25)17-11-13-18(14-12-17)29-23(26)24(3,4)5/h8-16H,6-7H2,1-5H3/b16-15+. The van der Waals surface area contributed by atoms with Gasteiger partial charge in [-0.2, -0.15) is 0 Å². The predicted octanol–water partition coefficient (Wildman–Crippen LogP) is 5.33. The molecule has 0 bridgehead atoms. The van der Waals surface area contributed by atoms with Gasteiger partial charge in [0.15, 0.2) is 5.78 Å². The van der Waals surface area contributed by atoms with Gasteiger partial charge < -0.3 is 14.2 Å². The molecule has 2 rings (SSSR count). The second kappa shape index (κ2) is 9.92. The Kier molecular flexibility index (Phi) is 7.59. The molecular weight excluding hydrogens is 368 g/mol. The Morgan fingerprint density at radius 2 is 1.45 bits per heavy atom. The van der Waals surface area contributed by atoms with Crippen molar-refractivity contribution in [1.29, 1.82) is 0 Å². The lowest BCUT2D eigenvalue weighted by atomic mass is 9.97. The van der Waals surface area contributed by atoms with Crippen LogP contribution in [0.2, 0.25) is 0 Å². The molecule has 0 unspecified atom stereocenters. The summed E-state index contributed by atoms with van der Waals surface area (Å²) < 4.78 is 16.6. The maximum absolute atomic E-state index is 12.6. The van der Waals surface area contributed by atoms with Crippen molar-refractivity contribution < 1.29 is 23.8 Å². The molecule has 0 aliphatic heterocycles. The predicted molar refractivity (Wildman–Crippen MR) is 114 cm³/mol. The summed E-state index contributed by atoms with van der Waals surface area (Å²) in [5, 5.41) is 0. The number of ketones is 1. The molecule has 0 atom stereocenters. The topological polar surface area (TPSA) is 61.8 Å². The van der Waals surface area contributed by atoms with Crippen molar-refractivity contribution in [3.8, 4) is 17.2 Å². The van der Waals surface area contributed by atoms with Gasteiger partial charge in [0.2, 0.25) is 0 Å². The van der Waals surface area contributed by atoms with Crippen LogP contribution in [0.5, 0.6) is 17.2 Å². The Balaban J connectivity index is 2.18. The van der Waals surface area contributed by atoms with Gasteiger partial charge in [0.25, 0.3) is 0 Å². The Hall–Kier alpha value is -3.08. The number of esters is 1. The molecule has 5 nitrogen and oxygen atoms in total. The van der Waals surface area contributed by atoms with Crippen LogP contribution in [0.15, 0.2) is 48.5 Å². The van der Waals surface area contributed by atoms with Crippen LogP contribution in [0.25, 0.3) is 6.08 Å². The van der Waals surface area contributed by atoms with Gasteiger partial charge in [-0.15, -0.1) is 0 Å². The average molecular weight is 396 g/mol. The van der Waals surface area contributed by atoms with Crippen molar-refractivity contribution in [3.05, 3.63) is 59.7 Å². The van der Waals surface area contributed by atoms with E-state index in [0.717, 1.165) is 5.56 Å². The number of allylic oxidation sites excluding steroid dienone is 1. The molecular formula is C24H28O5. The molecule has 2 aromatic rings. The summed E-state index contributed by atoms with van der Waals surface area (Å²) in [6.45, 7) is 10.2. The molecule has 0 aliphatic rings. The fraction of sp³-hybridized carbons (Fsp3) is 0.333. The number of benzene rings is 2. The lowest BCUT2D eigenvalue weighted by Crippen LogP contribution is -2.25. The Labute approximate surface area is 172 Å². The van der Waals surface area contributed by atoms with E-state index in [1.165, 1.54) is 6.08 Å². The number of hydrogen-bond acceptors (Lipinski definition) is 5. The average Bonchev–Trinajstić information content (AvgIpc) is 2.67. The first kappa shape index (κ1) is 22.2. The zero-order chi connectivity index (χ0) is 21.4. The molecule has 0 heterocycles. The fourth-order valence-electron chi connectivity index (χ4n) is 2.45. The number of ether oxygens (including phenoxy) is 3. The molecule has 0 saturated carbocycles. The minimum atomic E-state index is -0.594. The van der Waals surface area contributed by atoms with Gasteiger partial charge in [0, 0.05) is 5.56 Å². The number of rotatable bonds is 8. The third kappa shape index (κ3) is 6.21. The largest absolute Gasteiger partial charge is 0.493 e. The van der Waals surface area contributed by atoms with Crippen LogP contribution in [0, 0.1) is 5.41 Å². The molecule has 0 saturated heterocycles. The second-order valence-electron chi connectivity index (χ2n) is 7.40. The molecule has 0 aliphatic carbocycles. The molecule has 0 N–H and O–H groups in total. The molecule has 154 valence electrons. The van der Waals surface area contributed by atoms with Crippen LogP contribution >= 0.6 is 0 Å². The molecule has 29 heavy (non-hydrogen) atoms. The zero-order valence-electron chi connectivity index (χ0n) is 17.7. The molecule has 0 radical (unpaired) electrons. The lowest BCUT2D eigenvalue weighted by Gasteiger charge is -2.16. The van der Waals surface area contributed by atoms with E-state index in [2.05, 4.69) is 0 Å². The van der Waals surface area contributed by atoms with Gasteiger partial charge >= 0.3 is 5.97 Å².